The van der Waals surface area contributed by atoms with Gasteiger partial charge < -0.3 is 15.4 Å². The number of hydrogen-bond acceptors (Lipinski definition) is 5. The third-order valence-corrected chi connectivity index (χ3v) is 2.82. The zero-order chi connectivity index (χ0) is 13.7. The van der Waals surface area contributed by atoms with E-state index in [1.54, 1.807) is 0 Å². The molecule has 19 heavy (non-hydrogen) atoms. The van der Waals surface area contributed by atoms with Gasteiger partial charge in [0.2, 0.25) is 5.88 Å². The van der Waals surface area contributed by atoms with Crippen molar-refractivity contribution in [1.29, 1.82) is 0 Å². The Labute approximate surface area is 113 Å². The van der Waals surface area contributed by atoms with Gasteiger partial charge in [-0.3, -0.25) is 0 Å². The van der Waals surface area contributed by atoms with Crippen molar-refractivity contribution in [3.05, 3.63) is 42.2 Å². The molecule has 0 fully saturated rings. The molecule has 0 saturated carbocycles. The number of nitrogens with zero attached hydrogens (tertiary/aromatic N) is 3. The molecule has 0 atom stereocenters. The standard InChI is InChI=1S/C14H18N4O/c1-3-19-14-8-13(16-10-17-14)18(2)12-6-4-11(9-15)5-7-12/h4-8,10H,3,9,15H2,1-2H3. The predicted octanol–water partition coefficient (Wildman–Crippen LogP) is 2.10. The van der Waals surface area contributed by atoms with Crippen LogP contribution >= 0.6 is 0 Å². The highest BCUT2D eigenvalue weighted by molar-refractivity contribution is 5.59. The van der Waals surface area contributed by atoms with Gasteiger partial charge in [-0.2, -0.15) is 0 Å². The Hall–Kier alpha value is -2.14. The molecule has 100 valence electrons. The first-order chi connectivity index (χ1) is 9.24. The summed E-state index contributed by atoms with van der Waals surface area (Å²) < 4.78 is 5.37. The van der Waals surface area contributed by atoms with Crippen molar-refractivity contribution in [3.8, 4) is 5.88 Å². The minimum absolute atomic E-state index is 0.548. The molecule has 1 aromatic carbocycles. The van der Waals surface area contributed by atoms with Crippen LogP contribution in [0.5, 0.6) is 5.88 Å². The number of nitrogens with two attached hydrogens (primary N) is 1. The Morgan fingerprint density at radius 2 is 1.95 bits per heavy atom. The number of anilines is 2. The highest BCUT2D eigenvalue weighted by atomic mass is 16.5. The van der Waals surface area contributed by atoms with Gasteiger partial charge in [0.25, 0.3) is 0 Å². The monoisotopic (exact) mass is 258 g/mol. The van der Waals surface area contributed by atoms with E-state index < -0.39 is 0 Å². The van der Waals surface area contributed by atoms with Crippen molar-refractivity contribution >= 4 is 11.5 Å². The molecule has 0 amide bonds. The van der Waals surface area contributed by atoms with Crippen LogP contribution in [0.1, 0.15) is 12.5 Å². The molecule has 0 aliphatic rings. The van der Waals surface area contributed by atoms with Crippen molar-refractivity contribution in [2.24, 2.45) is 5.73 Å². The van der Waals surface area contributed by atoms with Gasteiger partial charge in [-0.1, -0.05) is 12.1 Å². The minimum Gasteiger partial charge on any atom is -0.478 e. The fourth-order valence-electron chi connectivity index (χ4n) is 1.73. The van der Waals surface area contributed by atoms with Gasteiger partial charge in [0, 0.05) is 25.3 Å². The number of ether oxygens (including phenoxy) is 1. The third kappa shape index (κ3) is 3.20. The topological polar surface area (TPSA) is 64.3 Å². The zero-order valence-corrected chi connectivity index (χ0v) is 11.2. The summed E-state index contributed by atoms with van der Waals surface area (Å²) in [6, 6.07) is 9.88. The van der Waals surface area contributed by atoms with Crippen LogP contribution in [0.25, 0.3) is 0 Å². The molecule has 0 unspecified atom stereocenters. The Kier molecular flexibility index (Phi) is 4.30. The van der Waals surface area contributed by atoms with Crippen molar-refractivity contribution in [2.45, 2.75) is 13.5 Å². The molecule has 0 bridgehead atoms. The summed E-state index contributed by atoms with van der Waals surface area (Å²) in [5.74, 6) is 1.37. The lowest BCUT2D eigenvalue weighted by Crippen LogP contribution is -2.12. The van der Waals surface area contributed by atoms with Gasteiger partial charge in [0.1, 0.15) is 12.1 Å². The van der Waals surface area contributed by atoms with Gasteiger partial charge >= 0.3 is 0 Å². The Balaban J connectivity index is 2.22. The largest absolute Gasteiger partial charge is 0.478 e. The van der Waals surface area contributed by atoms with Crippen LogP contribution in [0.3, 0.4) is 0 Å². The average Bonchev–Trinajstić information content (AvgIpc) is 2.47. The van der Waals surface area contributed by atoms with E-state index in [0.717, 1.165) is 17.1 Å². The maximum Gasteiger partial charge on any atom is 0.218 e. The number of rotatable bonds is 5. The number of aromatic nitrogens is 2. The van der Waals surface area contributed by atoms with E-state index in [9.17, 15) is 0 Å². The van der Waals surface area contributed by atoms with Gasteiger partial charge in [-0.05, 0) is 24.6 Å². The third-order valence-electron chi connectivity index (χ3n) is 2.82. The predicted molar refractivity (Wildman–Crippen MR) is 75.6 cm³/mol. The first-order valence-corrected chi connectivity index (χ1v) is 6.22. The van der Waals surface area contributed by atoms with Crippen molar-refractivity contribution < 1.29 is 4.74 Å². The van der Waals surface area contributed by atoms with Crippen LogP contribution in [0, 0.1) is 0 Å². The first-order valence-electron chi connectivity index (χ1n) is 6.22. The van der Waals surface area contributed by atoms with Gasteiger partial charge in [0.05, 0.1) is 6.61 Å². The molecular weight excluding hydrogens is 240 g/mol. The summed E-state index contributed by atoms with van der Waals surface area (Å²) in [4.78, 5) is 10.3. The molecule has 0 aliphatic heterocycles. The lowest BCUT2D eigenvalue weighted by atomic mass is 10.2. The van der Waals surface area contributed by atoms with E-state index in [2.05, 4.69) is 9.97 Å². The summed E-state index contributed by atoms with van der Waals surface area (Å²) in [6.07, 6.45) is 1.51. The fraction of sp³-hybridized carbons (Fsp3) is 0.286. The normalized spacial score (nSPS) is 10.3. The maximum absolute atomic E-state index is 5.59. The summed E-state index contributed by atoms with van der Waals surface area (Å²) in [5.41, 5.74) is 7.74. The lowest BCUT2D eigenvalue weighted by molar-refractivity contribution is 0.326. The molecule has 1 heterocycles. The van der Waals surface area contributed by atoms with Gasteiger partial charge in [-0.25, -0.2) is 9.97 Å². The summed E-state index contributed by atoms with van der Waals surface area (Å²) >= 11 is 0. The smallest absolute Gasteiger partial charge is 0.218 e. The quantitative estimate of drug-likeness (QED) is 0.889. The second kappa shape index (κ2) is 6.15. The SMILES string of the molecule is CCOc1cc(N(C)c2ccc(CN)cc2)ncn1. The average molecular weight is 258 g/mol. The van der Waals surface area contributed by atoms with Crippen LogP contribution < -0.4 is 15.4 Å². The minimum atomic E-state index is 0.548. The van der Waals surface area contributed by atoms with E-state index >= 15 is 0 Å². The van der Waals surface area contributed by atoms with Crippen molar-refractivity contribution in [3.63, 3.8) is 0 Å². The highest BCUT2D eigenvalue weighted by Gasteiger charge is 2.07. The summed E-state index contributed by atoms with van der Waals surface area (Å²) in [6.45, 7) is 3.06. The van der Waals surface area contributed by atoms with Crippen LogP contribution in [0.4, 0.5) is 11.5 Å². The number of hydrogen-bond donors (Lipinski definition) is 1. The molecule has 0 saturated heterocycles. The fourth-order valence-corrected chi connectivity index (χ4v) is 1.73. The first kappa shape index (κ1) is 13.3. The molecule has 5 nitrogen and oxygen atoms in total. The molecule has 0 aliphatic carbocycles. The van der Waals surface area contributed by atoms with Crippen molar-refractivity contribution in [2.75, 3.05) is 18.6 Å². The van der Waals surface area contributed by atoms with E-state index in [1.807, 2.05) is 49.2 Å². The Morgan fingerprint density at radius 3 is 2.58 bits per heavy atom. The molecular formula is C14H18N4O. The Bertz CT molecular complexity index is 527. The molecule has 5 heteroatoms. The van der Waals surface area contributed by atoms with Crippen molar-refractivity contribution in [1.82, 2.24) is 9.97 Å². The van der Waals surface area contributed by atoms with Gasteiger partial charge in [-0.15, -0.1) is 0 Å². The van der Waals surface area contributed by atoms with E-state index in [4.69, 9.17) is 10.5 Å². The zero-order valence-electron chi connectivity index (χ0n) is 11.2. The molecule has 2 N–H and O–H groups in total. The summed E-state index contributed by atoms with van der Waals surface area (Å²) in [7, 11) is 1.95. The second-order valence-electron chi connectivity index (χ2n) is 4.08. The molecule has 0 spiro atoms. The van der Waals surface area contributed by atoms with Crippen LogP contribution in [0.15, 0.2) is 36.7 Å². The van der Waals surface area contributed by atoms with E-state index in [1.165, 1.54) is 6.33 Å². The van der Waals surface area contributed by atoms with E-state index in [0.29, 0.717) is 19.0 Å². The van der Waals surface area contributed by atoms with Crippen LogP contribution in [0.2, 0.25) is 0 Å². The molecule has 1 aromatic heterocycles. The Morgan fingerprint density at radius 1 is 1.21 bits per heavy atom. The molecule has 0 radical (unpaired) electrons. The summed E-state index contributed by atoms with van der Waals surface area (Å²) in [5, 5.41) is 0. The lowest BCUT2D eigenvalue weighted by Gasteiger charge is -2.18. The molecule has 2 rings (SSSR count). The second-order valence-corrected chi connectivity index (χ2v) is 4.08. The highest BCUT2D eigenvalue weighted by Crippen LogP contribution is 2.23. The van der Waals surface area contributed by atoms with Crippen LogP contribution in [-0.2, 0) is 6.54 Å². The van der Waals surface area contributed by atoms with Crippen LogP contribution in [-0.4, -0.2) is 23.6 Å². The van der Waals surface area contributed by atoms with E-state index in [-0.39, 0.29) is 0 Å². The number of benzene rings is 1. The molecule has 2 aromatic rings. The van der Waals surface area contributed by atoms with Gasteiger partial charge in [0.15, 0.2) is 0 Å². The maximum atomic E-state index is 5.59.